The lowest BCUT2D eigenvalue weighted by Crippen LogP contribution is -2.41. The van der Waals surface area contributed by atoms with Crippen molar-refractivity contribution in [2.75, 3.05) is 13.1 Å². The van der Waals surface area contributed by atoms with Crippen molar-refractivity contribution in [1.29, 1.82) is 0 Å². The molecular formula is C13H21N3O. The normalized spacial score (nSPS) is 30.2. The zero-order chi connectivity index (χ0) is 11.8. The number of fused-ring (bicyclic) bond motifs is 1. The molecule has 3 rings (SSSR count). The standard InChI is InChI=1S/C13H21N3O/c1-9-13-11(16-5-3-2-4-6-16)7-10(14)8-12(13)17-15-9/h10-11H,2-8,14H2,1H3. The van der Waals surface area contributed by atoms with Crippen molar-refractivity contribution in [3.05, 3.63) is 17.0 Å². The lowest BCUT2D eigenvalue weighted by Gasteiger charge is -2.38. The highest BCUT2D eigenvalue weighted by atomic mass is 16.5. The first kappa shape index (κ1) is 11.2. The lowest BCUT2D eigenvalue weighted by molar-refractivity contribution is 0.139. The van der Waals surface area contributed by atoms with Gasteiger partial charge in [0.2, 0.25) is 0 Å². The number of aromatic nitrogens is 1. The molecule has 0 amide bonds. The predicted molar refractivity (Wildman–Crippen MR) is 65.7 cm³/mol. The third-order valence-electron chi connectivity index (χ3n) is 4.12. The van der Waals surface area contributed by atoms with Crippen molar-refractivity contribution in [3.8, 4) is 0 Å². The minimum absolute atomic E-state index is 0.224. The van der Waals surface area contributed by atoms with E-state index in [1.54, 1.807) is 0 Å². The van der Waals surface area contributed by atoms with E-state index < -0.39 is 0 Å². The molecule has 0 aromatic carbocycles. The van der Waals surface area contributed by atoms with Crippen LogP contribution in [0.5, 0.6) is 0 Å². The number of nitrogens with two attached hydrogens (primary N) is 1. The van der Waals surface area contributed by atoms with Gasteiger partial charge in [-0.15, -0.1) is 0 Å². The van der Waals surface area contributed by atoms with E-state index in [2.05, 4.69) is 17.0 Å². The molecule has 0 bridgehead atoms. The maximum atomic E-state index is 6.14. The Morgan fingerprint density at radius 1 is 1.29 bits per heavy atom. The molecule has 2 heterocycles. The van der Waals surface area contributed by atoms with Gasteiger partial charge >= 0.3 is 0 Å². The fraction of sp³-hybridized carbons (Fsp3) is 0.769. The van der Waals surface area contributed by atoms with Crippen LogP contribution in [0.15, 0.2) is 4.52 Å². The largest absolute Gasteiger partial charge is 0.361 e. The van der Waals surface area contributed by atoms with E-state index in [1.165, 1.54) is 37.9 Å². The highest BCUT2D eigenvalue weighted by Gasteiger charge is 2.34. The van der Waals surface area contributed by atoms with Crippen molar-refractivity contribution in [2.45, 2.75) is 51.1 Å². The summed E-state index contributed by atoms with van der Waals surface area (Å²) in [7, 11) is 0. The summed E-state index contributed by atoms with van der Waals surface area (Å²) in [4.78, 5) is 2.57. The Hall–Kier alpha value is -0.870. The fourth-order valence-corrected chi connectivity index (χ4v) is 3.29. The van der Waals surface area contributed by atoms with E-state index in [4.69, 9.17) is 10.3 Å². The van der Waals surface area contributed by atoms with Crippen LogP contribution >= 0.6 is 0 Å². The SMILES string of the molecule is Cc1noc2c1C(N1CCCCC1)CC(N)C2. The molecule has 1 aliphatic heterocycles. The summed E-state index contributed by atoms with van der Waals surface area (Å²) in [5.41, 5.74) is 8.53. The van der Waals surface area contributed by atoms with Crippen LogP contribution in [0.2, 0.25) is 0 Å². The molecule has 1 fully saturated rings. The number of nitrogens with zero attached hydrogens (tertiary/aromatic N) is 2. The fourth-order valence-electron chi connectivity index (χ4n) is 3.29. The summed E-state index contributed by atoms with van der Waals surface area (Å²) in [6.07, 6.45) is 5.89. The minimum Gasteiger partial charge on any atom is -0.361 e. The highest BCUT2D eigenvalue weighted by Crippen LogP contribution is 2.37. The van der Waals surface area contributed by atoms with E-state index in [0.29, 0.717) is 6.04 Å². The van der Waals surface area contributed by atoms with Crippen LogP contribution in [0.25, 0.3) is 0 Å². The van der Waals surface area contributed by atoms with Crippen molar-refractivity contribution in [2.24, 2.45) is 5.73 Å². The quantitative estimate of drug-likeness (QED) is 0.806. The first-order chi connectivity index (χ1) is 8.25. The summed E-state index contributed by atoms with van der Waals surface area (Å²) < 4.78 is 5.42. The van der Waals surface area contributed by atoms with E-state index in [9.17, 15) is 0 Å². The average Bonchev–Trinajstić information content (AvgIpc) is 2.71. The molecule has 2 aliphatic rings. The molecule has 1 aromatic heterocycles. The molecule has 17 heavy (non-hydrogen) atoms. The van der Waals surface area contributed by atoms with Crippen LogP contribution in [-0.4, -0.2) is 29.2 Å². The van der Waals surface area contributed by atoms with Crippen molar-refractivity contribution < 1.29 is 4.52 Å². The van der Waals surface area contributed by atoms with Crippen LogP contribution in [0, 0.1) is 6.92 Å². The Morgan fingerprint density at radius 3 is 2.82 bits per heavy atom. The van der Waals surface area contributed by atoms with E-state index in [1.807, 2.05) is 0 Å². The summed E-state index contributed by atoms with van der Waals surface area (Å²) in [5.74, 6) is 1.02. The van der Waals surface area contributed by atoms with Gasteiger partial charge in [0.1, 0.15) is 5.76 Å². The molecule has 2 unspecified atom stereocenters. The Bertz CT molecular complexity index is 395. The average molecular weight is 235 g/mol. The molecule has 0 saturated carbocycles. The summed E-state index contributed by atoms with van der Waals surface area (Å²) in [6, 6.07) is 0.669. The van der Waals surface area contributed by atoms with Crippen LogP contribution < -0.4 is 5.73 Å². The second-order valence-corrected chi connectivity index (χ2v) is 5.42. The topological polar surface area (TPSA) is 55.3 Å². The highest BCUT2D eigenvalue weighted by molar-refractivity contribution is 5.29. The van der Waals surface area contributed by atoms with Crippen molar-refractivity contribution in [1.82, 2.24) is 10.1 Å². The van der Waals surface area contributed by atoms with Gasteiger partial charge in [-0.25, -0.2) is 0 Å². The minimum atomic E-state index is 0.224. The van der Waals surface area contributed by atoms with Gasteiger partial charge in [0.25, 0.3) is 0 Å². The summed E-state index contributed by atoms with van der Waals surface area (Å²) in [6.45, 7) is 4.44. The lowest BCUT2D eigenvalue weighted by atomic mass is 9.86. The second kappa shape index (κ2) is 4.42. The molecular weight excluding hydrogens is 214 g/mol. The van der Waals surface area contributed by atoms with Crippen LogP contribution in [-0.2, 0) is 6.42 Å². The molecule has 2 N–H and O–H groups in total. The Labute approximate surface area is 102 Å². The monoisotopic (exact) mass is 235 g/mol. The number of likely N-dealkylation sites (tertiary alicyclic amines) is 1. The third kappa shape index (κ3) is 2.00. The van der Waals surface area contributed by atoms with Gasteiger partial charge in [-0.3, -0.25) is 4.90 Å². The van der Waals surface area contributed by atoms with Crippen LogP contribution in [0.1, 0.15) is 48.7 Å². The number of aryl methyl sites for hydroxylation is 1. The Balaban J connectivity index is 1.90. The molecule has 1 saturated heterocycles. The molecule has 94 valence electrons. The molecule has 4 nitrogen and oxygen atoms in total. The second-order valence-electron chi connectivity index (χ2n) is 5.42. The molecule has 0 spiro atoms. The molecule has 0 radical (unpaired) electrons. The number of hydrogen-bond acceptors (Lipinski definition) is 4. The molecule has 4 heteroatoms. The van der Waals surface area contributed by atoms with Gasteiger partial charge in [0.15, 0.2) is 0 Å². The number of piperidine rings is 1. The predicted octanol–water partition coefficient (Wildman–Crippen LogP) is 1.78. The van der Waals surface area contributed by atoms with Crippen molar-refractivity contribution >= 4 is 0 Å². The molecule has 1 aromatic rings. The van der Waals surface area contributed by atoms with Gasteiger partial charge in [0.05, 0.1) is 5.69 Å². The van der Waals surface area contributed by atoms with Gasteiger partial charge in [-0.1, -0.05) is 11.6 Å². The maximum Gasteiger partial charge on any atom is 0.143 e. The Kier molecular flexibility index (Phi) is 2.92. The smallest absolute Gasteiger partial charge is 0.143 e. The maximum absolute atomic E-state index is 6.14. The molecule has 2 atom stereocenters. The van der Waals surface area contributed by atoms with Crippen LogP contribution in [0.3, 0.4) is 0 Å². The van der Waals surface area contributed by atoms with Gasteiger partial charge in [-0.05, 0) is 39.3 Å². The van der Waals surface area contributed by atoms with Gasteiger partial charge in [-0.2, -0.15) is 0 Å². The Morgan fingerprint density at radius 2 is 2.06 bits per heavy atom. The van der Waals surface area contributed by atoms with E-state index >= 15 is 0 Å². The zero-order valence-corrected chi connectivity index (χ0v) is 10.5. The molecule has 1 aliphatic carbocycles. The third-order valence-corrected chi connectivity index (χ3v) is 4.12. The van der Waals surface area contributed by atoms with Crippen molar-refractivity contribution in [3.63, 3.8) is 0 Å². The van der Waals surface area contributed by atoms with Gasteiger partial charge in [0, 0.05) is 24.1 Å². The van der Waals surface area contributed by atoms with E-state index in [-0.39, 0.29) is 6.04 Å². The summed E-state index contributed by atoms with van der Waals surface area (Å²) >= 11 is 0. The first-order valence-corrected chi connectivity index (χ1v) is 6.70. The summed E-state index contributed by atoms with van der Waals surface area (Å²) in [5, 5.41) is 4.12. The first-order valence-electron chi connectivity index (χ1n) is 6.70. The van der Waals surface area contributed by atoms with Crippen LogP contribution in [0.4, 0.5) is 0 Å². The number of hydrogen-bond donors (Lipinski definition) is 1. The zero-order valence-electron chi connectivity index (χ0n) is 10.5. The van der Waals surface area contributed by atoms with Gasteiger partial charge < -0.3 is 10.3 Å². The number of rotatable bonds is 1. The van der Waals surface area contributed by atoms with E-state index in [0.717, 1.165) is 24.3 Å².